The molecule has 0 heterocycles. The lowest BCUT2D eigenvalue weighted by atomic mass is 10.1. The molecule has 1 rings (SSSR count). The summed E-state index contributed by atoms with van der Waals surface area (Å²) >= 11 is 0. The summed E-state index contributed by atoms with van der Waals surface area (Å²) in [5, 5.41) is 0. The zero-order chi connectivity index (χ0) is 27.4. The van der Waals surface area contributed by atoms with Crippen LogP contribution in [0, 0.1) is 0 Å². The Morgan fingerprint density at radius 3 is 1.16 bits per heavy atom. The molecule has 2 N–H and O–H groups in total. The van der Waals surface area contributed by atoms with Gasteiger partial charge in [0, 0.05) is 6.54 Å². The van der Waals surface area contributed by atoms with Gasteiger partial charge in [0.2, 0.25) is 0 Å². The van der Waals surface area contributed by atoms with E-state index in [1.807, 2.05) is 6.07 Å². The Hall–Kier alpha value is -1.22. The summed E-state index contributed by atoms with van der Waals surface area (Å²) in [5.74, 6) is 1.75. The molecule has 1 aromatic rings. The quantitative estimate of drug-likeness (QED) is 0.105. The molecule has 0 saturated carbocycles. The molecule has 0 saturated heterocycles. The minimum atomic E-state index is 0.536. The van der Waals surface area contributed by atoms with Crippen LogP contribution in [0.25, 0.3) is 0 Å². The van der Waals surface area contributed by atoms with Crippen LogP contribution in [-0.4, -0.2) is 13.2 Å². The van der Waals surface area contributed by atoms with Crippen LogP contribution < -0.4 is 15.2 Å². The van der Waals surface area contributed by atoms with Crippen LogP contribution in [0.4, 0.5) is 0 Å². The van der Waals surface area contributed by atoms with Gasteiger partial charge in [-0.25, -0.2) is 0 Å². The lowest BCUT2D eigenvalue weighted by molar-refractivity contribution is 0.258. The van der Waals surface area contributed by atoms with Crippen molar-refractivity contribution >= 4 is 0 Å². The molecule has 0 aliphatic rings. The van der Waals surface area contributed by atoms with Crippen molar-refractivity contribution in [3.05, 3.63) is 23.8 Å². The van der Waals surface area contributed by atoms with Crippen molar-refractivity contribution in [1.29, 1.82) is 0 Å². The molecule has 0 atom stereocenters. The van der Waals surface area contributed by atoms with Gasteiger partial charge in [0.25, 0.3) is 0 Å². The van der Waals surface area contributed by atoms with Crippen LogP contribution in [0.3, 0.4) is 0 Å². The first-order chi connectivity index (χ1) is 18.8. The highest BCUT2D eigenvalue weighted by molar-refractivity contribution is 5.43. The summed E-state index contributed by atoms with van der Waals surface area (Å²) in [7, 11) is 0. The summed E-state index contributed by atoms with van der Waals surface area (Å²) in [4.78, 5) is 0. The highest BCUT2D eigenvalue weighted by Gasteiger charge is 2.07. The number of nitrogens with two attached hydrogens (primary N) is 1. The number of hydrogen-bond donors (Lipinski definition) is 1. The maximum absolute atomic E-state index is 6.15. The molecule has 222 valence electrons. The molecule has 3 heteroatoms. The first-order valence-corrected chi connectivity index (χ1v) is 16.9. The summed E-state index contributed by atoms with van der Waals surface area (Å²) in [6.07, 6.45) is 32.7. The third kappa shape index (κ3) is 20.7. The van der Waals surface area contributed by atoms with Crippen molar-refractivity contribution in [3.8, 4) is 11.5 Å². The third-order valence-electron chi connectivity index (χ3n) is 7.75. The van der Waals surface area contributed by atoms with Crippen molar-refractivity contribution in [2.75, 3.05) is 13.2 Å². The van der Waals surface area contributed by atoms with E-state index in [4.69, 9.17) is 15.2 Å². The fourth-order valence-corrected chi connectivity index (χ4v) is 5.16. The fraction of sp³-hybridized carbons (Fsp3) is 0.829. The molecule has 0 spiro atoms. The van der Waals surface area contributed by atoms with Crippen LogP contribution >= 0.6 is 0 Å². The van der Waals surface area contributed by atoms with Gasteiger partial charge < -0.3 is 15.2 Å². The van der Waals surface area contributed by atoms with E-state index in [2.05, 4.69) is 26.0 Å². The van der Waals surface area contributed by atoms with Gasteiger partial charge in [-0.1, -0.05) is 161 Å². The van der Waals surface area contributed by atoms with Crippen molar-refractivity contribution in [1.82, 2.24) is 0 Å². The van der Waals surface area contributed by atoms with E-state index < -0.39 is 0 Å². The maximum atomic E-state index is 6.15. The van der Waals surface area contributed by atoms with Crippen LogP contribution in [0.2, 0.25) is 0 Å². The van der Waals surface area contributed by atoms with Crippen molar-refractivity contribution in [2.45, 2.75) is 174 Å². The Kier molecular flexibility index (Phi) is 25.1. The van der Waals surface area contributed by atoms with Gasteiger partial charge in [-0.2, -0.15) is 0 Å². The zero-order valence-electron chi connectivity index (χ0n) is 25.7. The normalized spacial score (nSPS) is 11.2. The van der Waals surface area contributed by atoms with E-state index in [-0.39, 0.29) is 0 Å². The van der Waals surface area contributed by atoms with E-state index >= 15 is 0 Å². The number of rotatable bonds is 29. The SMILES string of the molecule is CCCCCCCCCCCCCCOc1ccc(CN)cc1OCCCCCCCCCCCCCC. The molecule has 0 amide bonds. The number of hydrogen-bond acceptors (Lipinski definition) is 3. The van der Waals surface area contributed by atoms with Crippen LogP contribution in [0.15, 0.2) is 18.2 Å². The molecule has 0 radical (unpaired) electrons. The smallest absolute Gasteiger partial charge is 0.161 e. The van der Waals surface area contributed by atoms with Crippen LogP contribution in [-0.2, 0) is 6.54 Å². The maximum Gasteiger partial charge on any atom is 0.161 e. The lowest BCUT2D eigenvalue weighted by Gasteiger charge is -2.14. The Bertz CT molecular complexity index is 618. The van der Waals surface area contributed by atoms with Gasteiger partial charge in [-0.05, 0) is 30.5 Å². The number of ether oxygens (including phenoxy) is 2. The fourth-order valence-electron chi connectivity index (χ4n) is 5.16. The molecule has 38 heavy (non-hydrogen) atoms. The number of unbranched alkanes of at least 4 members (excludes halogenated alkanes) is 22. The summed E-state index contributed by atoms with van der Waals surface area (Å²) in [6, 6.07) is 6.17. The standard InChI is InChI=1S/C35H65NO2/c1-3-5-7-9-11-13-15-17-19-21-23-25-29-37-34-28-27-33(32-36)31-35(34)38-30-26-24-22-20-18-16-14-12-10-8-6-4-2/h27-28,31H,3-26,29-30,32,36H2,1-2H3. The van der Waals surface area contributed by atoms with Crippen molar-refractivity contribution in [3.63, 3.8) is 0 Å². The largest absolute Gasteiger partial charge is 0.490 e. The minimum Gasteiger partial charge on any atom is -0.490 e. The van der Waals surface area contributed by atoms with Crippen LogP contribution in [0.5, 0.6) is 11.5 Å². The Morgan fingerprint density at radius 2 is 0.789 bits per heavy atom. The lowest BCUT2D eigenvalue weighted by Crippen LogP contribution is -2.04. The van der Waals surface area contributed by atoms with Crippen molar-refractivity contribution in [2.24, 2.45) is 5.73 Å². The van der Waals surface area contributed by atoms with Crippen LogP contribution in [0.1, 0.15) is 174 Å². The molecule has 0 aromatic heterocycles. The monoisotopic (exact) mass is 532 g/mol. The van der Waals surface area contributed by atoms with Gasteiger partial charge in [-0.15, -0.1) is 0 Å². The summed E-state index contributed by atoms with van der Waals surface area (Å²) < 4.78 is 12.3. The van der Waals surface area contributed by atoms with E-state index in [1.165, 1.54) is 141 Å². The summed E-state index contributed by atoms with van der Waals surface area (Å²) in [6.45, 7) is 6.65. The highest BCUT2D eigenvalue weighted by atomic mass is 16.5. The number of benzene rings is 1. The molecule has 0 aliphatic heterocycles. The first-order valence-electron chi connectivity index (χ1n) is 16.9. The predicted molar refractivity (Wildman–Crippen MR) is 167 cm³/mol. The van der Waals surface area contributed by atoms with E-state index in [9.17, 15) is 0 Å². The second-order valence-corrected chi connectivity index (χ2v) is 11.5. The molecule has 1 aromatic carbocycles. The molecule has 0 unspecified atom stereocenters. The van der Waals surface area contributed by atoms with E-state index in [0.29, 0.717) is 6.54 Å². The first kappa shape index (κ1) is 34.8. The predicted octanol–water partition coefficient (Wildman–Crippen LogP) is 11.3. The minimum absolute atomic E-state index is 0.536. The molecular formula is C35H65NO2. The Balaban J connectivity index is 2.07. The van der Waals surface area contributed by atoms with E-state index in [1.54, 1.807) is 0 Å². The van der Waals surface area contributed by atoms with Gasteiger partial charge in [0.05, 0.1) is 13.2 Å². The van der Waals surface area contributed by atoms with Gasteiger partial charge in [-0.3, -0.25) is 0 Å². The van der Waals surface area contributed by atoms with Gasteiger partial charge in [0.15, 0.2) is 11.5 Å². The average molecular weight is 532 g/mol. The Morgan fingerprint density at radius 1 is 0.447 bits per heavy atom. The zero-order valence-corrected chi connectivity index (χ0v) is 25.7. The molecular weight excluding hydrogens is 466 g/mol. The van der Waals surface area contributed by atoms with Crippen molar-refractivity contribution < 1.29 is 9.47 Å². The van der Waals surface area contributed by atoms with Gasteiger partial charge >= 0.3 is 0 Å². The molecule has 0 aliphatic carbocycles. The second kappa shape index (κ2) is 27.4. The van der Waals surface area contributed by atoms with Gasteiger partial charge in [0.1, 0.15) is 0 Å². The molecule has 0 bridgehead atoms. The highest BCUT2D eigenvalue weighted by Crippen LogP contribution is 2.29. The Labute approximate surface area is 238 Å². The third-order valence-corrected chi connectivity index (χ3v) is 7.75. The molecule has 0 fully saturated rings. The molecule has 3 nitrogen and oxygen atoms in total. The topological polar surface area (TPSA) is 44.5 Å². The van der Waals surface area contributed by atoms with E-state index in [0.717, 1.165) is 43.1 Å². The summed E-state index contributed by atoms with van der Waals surface area (Å²) in [5.41, 5.74) is 6.98. The second-order valence-electron chi connectivity index (χ2n) is 11.5. The average Bonchev–Trinajstić information content (AvgIpc) is 2.94.